The van der Waals surface area contributed by atoms with Gasteiger partial charge in [-0.25, -0.2) is 0 Å². The second-order valence-electron chi connectivity index (χ2n) is 6.40. The van der Waals surface area contributed by atoms with Gasteiger partial charge in [-0.1, -0.05) is 91.0 Å². The van der Waals surface area contributed by atoms with E-state index in [0.29, 0.717) is 0 Å². The van der Waals surface area contributed by atoms with Gasteiger partial charge in [-0.15, -0.1) is 0 Å². The van der Waals surface area contributed by atoms with Gasteiger partial charge >= 0.3 is 0 Å². The zero-order valence-electron chi connectivity index (χ0n) is 14.6. The van der Waals surface area contributed by atoms with E-state index in [9.17, 15) is 4.79 Å². The third kappa shape index (κ3) is 2.92. The number of hydrogen-bond acceptors (Lipinski definition) is 2. The molecule has 3 aromatic rings. The smallest absolute Gasteiger partial charge is 0.222 e. The van der Waals surface area contributed by atoms with Crippen molar-refractivity contribution in [2.45, 2.75) is 19.1 Å². The van der Waals surface area contributed by atoms with Gasteiger partial charge in [0.25, 0.3) is 0 Å². The van der Waals surface area contributed by atoms with Gasteiger partial charge in [0, 0.05) is 6.92 Å². The first-order valence-electron chi connectivity index (χ1n) is 8.77. The lowest BCUT2D eigenvalue weighted by Gasteiger charge is -2.29. The van der Waals surface area contributed by atoms with Crippen LogP contribution in [0.15, 0.2) is 96.0 Å². The third-order valence-electron chi connectivity index (χ3n) is 4.71. The Balaban J connectivity index is 1.89. The number of nitrogens with zero attached hydrogens (tertiary/aromatic N) is 2. The molecule has 26 heavy (non-hydrogen) atoms. The summed E-state index contributed by atoms with van der Waals surface area (Å²) in [6, 6.07) is 30.1. The monoisotopic (exact) mass is 340 g/mol. The van der Waals surface area contributed by atoms with Crippen LogP contribution >= 0.6 is 0 Å². The van der Waals surface area contributed by atoms with Crippen molar-refractivity contribution in [1.29, 1.82) is 0 Å². The summed E-state index contributed by atoms with van der Waals surface area (Å²) in [5.74, 6) is 0.0161. The van der Waals surface area contributed by atoms with Crippen LogP contribution in [0, 0.1) is 0 Å². The van der Waals surface area contributed by atoms with Gasteiger partial charge in [-0.05, 0) is 16.7 Å². The largest absolute Gasteiger partial charge is 0.304 e. The van der Waals surface area contributed by atoms with Crippen molar-refractivity contribution in [2.75, 3.05) is 0 Å². The molecule has 0 fully saturated rings. The molecule has 1 amide bonds. The van der Waals surface area contributed by atoms with Crippen molar-refractivity contribution in [3.63, 3.8) is 0 Å². The molecule has 0 N–H and O–H groups in total. The maximum Gasteiger partial charge on any atom is 0.222 e. The zero-order valence-corrected chi connectivity index (χ0v) is 14.6. The van der Waals surface area contributed by atoms with Gasteiger partial charge in [0.1, 0.15) is 6.04 Å². The molecule has 0 saturated carbocycles. The van der Waals surface area contributed by atoms with Gasteiger partial charge in [-0.3, -0.25) is 9.79 Å². The van der Waals surface area contributed by atoms with Crippen molar-refractivity contribution in [2.24, 2.45) is 4.99 Å². The highest BCUT2D eigenvalue weighted by Gasteiger charge is 2.40. The molecule has 3 heteroatoms. The maximum absolute atomic E-state index is 12.6. The first kappa shape index (κ1) is 16.3. The summed E-state index contributed by atoms with van der Waals surface area (Å²) in [6.45, 7) is 1.62. The van der Waals surface area contributed by atoms with Gasteiger partial charge < -0.3 is 4.90 Å². The quantitative estimate of drug-likeness (QED) is 0.675. The zero-order chi connectivity index (χ0) is 17.9. The maximum atomic E-state index is 12.6. The molecule has 3 aromatic carbocycles. The van der Waals surface area contributed by atoms with Crippen LogP contribution in [-0.2, 0) is 4.79 Å². The molecule has 2 atom stereocenters. The van der Waals surface area contributed by atoms with Crippen molar-refractivity contribution < 1.29 is 4.79 Å². The average molecular weight is 340 g/mol. The van der Waals surface area contributed by atoms with Crippen LogP contribution < -0.4 is 0 Å². The number of aliphatic imine (C=N–C) groups is 1. The fourth-order valence-electron chi connectivity index (χ4n) is 3.55. The Morgan fingerprint density at radius 3 is 1.81 bits per heavy atom. The number of carbonyl (C=O) groups is 1. The molecule has 0 aliphatic carbocycles. The van der Waals surface area contributed by atoms with E-state index in [4.69, 9.17) is 4.99 Å². The third-order valence-corrected chi connectivity index (χ3v) is 4.71. The van der Waals surface area contributed by atoms with E-state index in [2.05, 4.69) is 24.3 Å². The van der Waals surface area contributed by atoms with Gasteiger partial charge in [0.15, 0.2) is 6.17 Å². The van der Waals surface area contributed by atoms with Crippen LogP contribution in [0.3, 0.4) is 0 Å². The lowest BCUT2D eigenvalue weighted by Crippen LogP contribution is -2.34. The highest BCUT2D eigenvalue weighted by atomic mass is 16.2. The van der Waals surface area contributed by atoms with E-state index in [0.717, 1.165) is 22.4 Å². The number of amides is 1. The molecule has 0 bridgehead atoms. The van der Waals surface area contributed by atoms with Gasteiger partial charge in [0.2, 0.25) is 5.91 Å². The Hall–Kier alpha value is -3.20. The molecular formula is C23H20N2O. The lowest BCUT2D eigenvalue weighted by molar-refractivity contribution is -0.131. The highest BCUT2D eigenvalue weighted by molar-refractivity contribution is 6.08. The fraction of sp³-hybridized carbons (Fsp3) is 0.130. The van der Waals surface area contributed by atoms with E-state index in [1.54, 1.807) is 6.92 Å². The summed E-state index contributed by atoms with van der Waals surface area (Å²) >= 11 is 0. The van der Waals surface area contributed by atoms with Crippen LogP contribution in [0.4, 0.5) is 0 Å². The van der Waals surface area contributed by atoms with Crippen molar-refractivity contribution in [3.8, 4) is 0 Å². The van der Waals surface area contributed by atoms with Crippen LogP contribution in [0.5, 0.6) is 0 Å². The molecule has 1 heterocycles. The Morgan fingerprint density at radius 1 is 0.769 bits per heavy atom. The van der Waals surface area contributed by atoms with Gasteiger partial charge in [-0.2, -0.15) is 0 Å². The first-order chi connectivity index (χ1) is 12.8. The predicted molar refractivity (Wildman–Crippen MR) is 104 cm³/mol. The predicted octanol–water partition coefficient (Wildman–Crippen LogP) is 4.78. The Kier molecular flexibility index (Phi) is 4.36. The topological polar surface area (TPSA) is 32.7 Å². The molecule has 1 aliphatic rings. The normalized spacial score (nSPS) is 19.3. The Morgan fingerprint density at radius 2 is 1.27 bits per heavy atom. The molecule has 2 unspecified atom stereocenters. The van der Waals surface area contributed by atoms with E-state index < -0.39 is 0 Å². The fourth-order valence-corrected chi connectivity index (χ4v) is 3.55. The Labute approximate surface area is 153 Å². The standard InChI is InChI=1S/C23H20N2O/c1-17(26)25-22(19-13-7-3-8-14-19)21(18-11-5-2-6-12-18)24-23(25)20-15-9-4-10-16-20/h2-16,22-23H,1H3. The molecule has 4 rings (SSSR count). The van der Waals surface area contributed by atoms with E-state index >= 15 is 0 Å². The minimum absolute atomic E-state index is 0.0161. The number of rotatable bonds is 3. The summed E-state index contributed by atoms with van der Waals surface area (Å²) in [6.07, 6.45) is -0.311. The van der Waals surface area contributed by atoms with Crippen molar-refractivity contribution >= 4 is 11.6 Å². The summed E-state index contributed by atoms with van der Waals surface area (Å²) in [5, 5.41) is 0. The first-order valence-corrected chi connectivity index (χ1v) is 8.77. The average Bonchev–Trinajstić information content (AvgIpc) is 3.11. The molecule has 0 spiro atoms. The van der Waals surface area contributed by atoms with E-state index in [-0.39, 0.29) is 18.1 Å². The second kappa shape index (κ2) is 6.96. The summed E-state index contributed by atoms with van der Waals surface area (Å²) < 4.78 is 0. The number of hydrogen-bond donors (Lipinski definition) is 0. The van der Waals surface area contributed by atoms with Gasteiger partial charge in [0.05, 0.1) is 5.71 Å². The molecule has 1 aliphatic heterocycles. The van der Waals surface area contributed by atoms with Crippen LogP contribution in [0.25, 0.3) is 0 Å². The molecule has 0 radical (unpaired) electrons. The molecule has 0 aromatic heterocycles. The molecular weight excluding hydrogens is 320 g/mol. The number of carbonyl (C=O) groups excluding carboxylic acids is 1. The van der Waals surface area contributed by atoms with E-state index in [1.807, 2.05) is 71.6 Å². The summed E-state index contributed by atoms with van der Waals surface area (Å²) in [4.78, 5) is 19.5. The lowest BCUT2D eigenvalue weighted by atomic mass is 9.96. The summed E-state index contributed by atoms with van der Waals surface area (Å²) in [7, 11) is 0. The van der Waals surface area contributed by atoms with Crippen LogP contribution in [0.2, 0.25) is 0 Å². The SMILES string of the molecule is CC(=O)N1C(c2ccccc2)N=C(c2ccccc2)C1c1ccccc1. The van der Waals surface area contributed by atoms with Crippen molar-refractivity contribution in [3.05, 3.63) is 108 Å². The summed E-state index contributed by atoms with van der Waals surface area (Å²) in [5.41, 5.74) is 4.07. The molecule has 0 saturated heterocycles. The molecule has 3 nitrogen and oxygen atoms in total. The Bertz CT molecular complexity index is 920. The molecule has 128 valence electrons. The second-order valence-corrected chi connectivity index (χ2v) is 6.40. The van der Waals surface area contributed by atoms with Crippen molar-refractivity contribution in [1.82, 2.24) is 4.90 Å². The van der Waals surface area contributed by atoms with Crippen LogP contribution in [0.1, 0.15) is 35.8 Å². The van der Waals surface area contributed by atoms with Crippen LogP contribution in [-0.4, -0.2) is 16.5 Å². The van der Waals surface area contributed by atoms with E-state index in [1.165, 1.54) is 0 Å². The highest BCUT2D eigenvalue weighted by Crippen LogP contribution is 2.40. The minimum atomic E-state index is -0.311. The number of benzene rings is 3. The minimum Gasteiger partial charge on any atom is -0.304 e.